The normalized spacial score (nSPS) is 11.7. The third-order valence-corrected chi connectivity index (χ3v) is 2.61. The lowest BCUT2D eigenvalue weighted by Gasteiger charge is -2.11. The van der Waals surface area contributed by atoms with Crippen molar-refractivity contribution in [3.05, 3.63) is 29.2 Å². The topological polar surface area (TPSA) is 68.2 Å². The molecule has 2 rings (SSSR count). The molecule has 2 aromatic heterocycles. The molecule has 0 atom stereocenters. The van der Waals surface area contributed by atoms with E-state index in [2.05, 4.69) is 34.0 Å². The molecular weight excluding hydrogens is 244 g/mol. The average Bonchev–Trinajstić information content (AvgIpc) is 2.88. The van der Waals surface area contributed by atoms with Gasteiger partial charge in [0.1, 0.15) is 5.76 Å². The SMILES string of the molecule is Cc1cc(CN(C)Cc2nc(CC(C)C)no2)no1. The molecule has 0 aliphatic heterocycles. The highest BCUT2D eigenvalue weighted by molar-refractivity contribution is 5.03. The van der Waals surface area contributed by atoms with E-state index in [-0.39, 0.29) is 0 Å². The van der Waals surface area contributed by atoms with Crippen LogP contribution in [0.15, 0.2) is 15.1 Å². The summed E-state index contributed by atoms with van der Waals surface area (Å²) in [5, 5.41) is 7.93. The van der Waals surface area contributed by atoms with E-state index in [0.717, 1.165) is 23.7 Å². The fraction of sp³-hybridized carbons (Fsp3) is 0.615. The molecule has 2 heterocycles. The summed E-state index contributed by atoms with van der Waals surface area (Å²) in [6.45, 7) is 7.45. The van der Waals surface area contributed by atoms with Crippen LogP contribution in [-0.2, 0) is 19.5 Å². The number of hydrogen-bond donors (Lipinski definition) is 0. The molecule has 0 spiro atoms. The minimum atomic E-state index is 0.529. The second-order valence-corrected chi connectivity index (χ2v) is 5.30. The highest BCUT2D eigenvalue weighted by atomic mass is 16.5. The lowest BCUT2D eigenvalue weighted by atomic mass is 10.1. The summed E-state index contributed by atoms with van der Waals surface area (Å²) >= 11 is 0. The first kappa shape index (κ1) is 13.7. The Hall–Kier alpha value is -1.69. The van der Waals surface area contributed by atoms with Gasteiger partial charge in [-0.05, 0) is 19.9 Å². The zero-order valence-corrected chi connectivity index (χ0v) is 11.9. The second kappa shape index (κ2) is 5.97. The van der Waals surface area contributed by atoms with E-state index in [0.29, 0.717) is 24.9 Å². The van der Waals surface area contributed by atoms with E-state index in [4.69, 9.17) is 9.05 Å². The van der Waals surface area contributed by atoms with Crippen LogP contribution < -0.4 is 0 Å². The Kier molecular flexibility index (Phi) is 4.31. The highest BCUT2D eigenvalue weighted by Crippen LogP contribution is 2.09. The molecule has 0 amide bonds. The number of hydrogen-bond acceptors (Lipinski definition) is 6. The van der Waals surface area contributed by atoms with Crippen LogP contribution >= 0.6 is 0 Å². The van der Waals surface area contributed by atoms with Gasteiger partial charge in [0.05, 0.1) is 12.2 Å². The Morgan fingerprint density at radius 2 is 2.00 bits per heavy atom. The van der Waals surface area contributed by atoms with Crippen LogP contribution in [0.3, 0.4) is 0 Å². The van der Waals surface area contributed by atoms with Gasteiger partial charge in [-0.2, -0.15) is 4.98 Å². The van der Waals surface area contributed by atoms with Gasteiger partial charge in [0.2, 0.25) is 5.89 Å². The fourth-order valence-corrected chi connectivity index (χ4v) is 1.86. The van der Waals surface area contributed by atoms with Gasteiger partial charge in [-0.1, -0.05) is 24.2 Å². The molecule has 0 aliphatic rings. The van der Waals surface area contributed by atoms with Gasteiger partial charge in [0.25, 0.3) is 0 Å². The Bertz CT molecular complexity index is 518. The van der Waals surface area contributed by atoms with Gasteiger partial charge in [0, 0.05) is 19.0 Å². The third-order valence-electron chi connectivity index (χ3n) is 2.61. The standard InChI is InChI=1S/C13H20N4O2/c1-9(2)5-12-14-13(19-16-12)8-17(4)7-11-6-10(3)18-15-11/h6,9H,5,7-8H2,1-4H3. The number of aryl methyl sites for hydroxylation is 1. The minimum absolute atomic E-state index is 0.529. The van der Waals surface area contributed by atoms with Gasteiger partial charge in [-0.15, -0.1) is 0 Å². The van der Waals surface area contributed by atoms with Gasteiger partial charge in [-0.3, -0.25) is 4.90 Å². The molecule has 0 aliphatic carbocycles. The van der Waals surface area contributed by atoms with E-state index < -0.39 is 0 Å². The van der Waals surface area contributed by atoms with Crippen molar-refractivity contribution >= 4 is 0 Å². The Balaban J connectivity index is 1.88. The number of rotatable bonds is 6. The minimum Gasteiger partial charge on any atom is -0.361 e. The van der Waals surface area contributed by atoms with Crippen LogP contribution in [0.25, 0.3) is 0 Å². The summed E-state index contributed by atoms with van der Waals surface area (Å²) < 4.78 is 10.3. The number of nitrogens with zero attached hydrogens (tertiary/aromatic N) is 4. The smallest absolute Gasteiger partial charge is 0.240 e. The van der Waals surface area contributed by atoms with E-state index in [1.807, 2.05) is 20.0 Å². The molecular formula is C13H20N4O2. The maximum Gasteiger partial charge on any atom is 0.240 e. The van der Waals surface area contributed by atoms with Crippen LogP contribution in [-0.4, -0.2) is 27.2 Å². The van der Waals surface area contributed by atoms with Crippen molar-refractivity contribution < 1.29 is 9.05 Å². The first-order valence-corrected chi connectivity index (χ1v) is 6.45. The third kappa shape index (κ3) is 4.17. The summed E-state index contributed by atoms with van der Waals surface area (Å²) in [6.07, 6.45) is 0.843. The summed E-state index contributed by atoms with van der Waals surface area (Å²) in [5.74, 6) is 2.76. The Morgan fingerprint density at radius 1 is 1.21 bits per heavy atom. The predicted octanol–water partition coefficient (Wildman–Crippen LogP) is 2.20. The number of aromatic nitrogens is 3. The predicted molar refractivity (Wildman–Crippen MR) is 69.3 cm³/mol. The quantitative estimate of drug-likeness (QED) is 0.796. The van der Waals surface area contributed by atoms with Crippen LogP contribution in [0, 0.1) is 12.8 Å². The van der Waals surface area contributed by atoms with Crippen LogP contribution in [0.2, 0.25) is 0 Å². The van der Waals surface area contributed by atoms with Crippen molar-refractivity contribution in [1.82, 2.24) is 20.2 Å². The van der Waals surface area contributed by atoms with Crippen molar-refractivity contribution in [2.24, 2.45) is 5.92 Å². The van der Waals surface area contributed by atoms with Gasteiger partial charge in [0.15, 0.2) is 5.82 Å². The summed E-state index contributed by atoms with van der Waals surface area (Å²) in [7, 11) is 1.98. The first-order chi connectivity index (χ1) is 9.02. The van der Waals surface area contributed by atoms with E-state index in [1.54, 1.807) is 0 Å². The first-order valence-electron chi connectivity index (χ1n) is 6.45. The molecule has 2 aromatic rings. The van der Waals surface area contributed by atoms with Crippen LogP contribution in [0.1, 0.15) is 37.0 Å². The summed E-state index contributed by atoms with van der Waals surface area (Å²) in [5.41, 5.74) is 0.905. The molecule has 6 nitrogen and oxygen atoms in total. The van der Waals surface area contributed by atoms with Gasteiger partial charge >= 0.3 is 0 Å². The van der Waals surface area contributed by atoms with Crippen LogP contribution in [0.5, 0.6) is 0 Å². The molecule has 6 heteroatoms. The molecule has 0 radical (unpaired) electrons. The molecule has 0 bridgehead atoms. The van der Waals surface area contributed by atoms with Crippen molar-refractivity contribution in [3.63, 3.8) is 0 Å². The molecule has 0 unspecified atom stereocenters. The molecule has 104 valence electrons. The average molecular weight is 264 g/mol. The molecule has 0 saturated heterocycles. The van der Waals surface area contributed by atoms with Gasteiger partial charge < -0.3 is 9.05 Å². The van der Waals surface area contributed by atoms with E-state index >= 15 is 0 Å². The van der Waals surface area contributed by atoms with E-state index in [1.165, 1.54) is 0 Å². The Morgan fingerprint density at radius 3 is 2.63 bits per heavy atom. The lowest BCUT2D eigenvalue weighted by molar-refractivity contribution is 0.253. The fourth-order valence-electron chi connectivity index (χ4n) is 1.86. The monoisotopic (exact) mass is 264 g/mol. The molecule has 0 aromatic carbocycles. The van der Waals surface area contributed by atoms with E-state index in [9.17, 15) is 0 Å². The van der Waals surface area contributed by atoms with Crippen molar-refractivity contribution in [1.29, 1.82) is 0 Å². The maximum atomic E-state index is 5.23. The summed E-state index contributed by atoms with van der Waals surface area (Å²) in [4.78, 5) is 6.43. The molecule has 0 N–H and O–H groups in total. The maximum absolute atomic E-state index is 5.23. The molecule has 0 fully saturated rings. The zero-order chi connectivity index (χ0) is 13.8. The van der Waals surface area contributed by atoms with Crippen molar-refractivity contribution in [2.75, 3.05) is 7.05 Å². The van der Waals surface area contributed by atoms with Gasteiger partial charge in [-0.25, -0.2) is 0 Å². The molecule has 0 saturated carbocycles. The largest absolute Gasteiger partial charge is 0.361 e. The summed E-state index contributed by atoms with van der Waals surface area (Å²) in [6, 6.07) is 1.93. The van der Waals surface area contributed by atoms with Crippen LogP contribution in [0.4, 0.5) is 0 Å². The Labute approximate surface area is 112 Å². The lowest BCUT2D eigenvalue weighted by Crippen LogP contribution is -2.17. The molecule has 19 heavy (non-hydrogen) atoms. The van der Waals surface area contributed by atoms with Crippen molar-refractivity contribution in [3.8, 4) is 0 Å². The zero-order valence-electron chi connectivity index (χ0n) is 11.9. The highest BCUT2D eigenvalue weighted by Gasteiger charge is 2.11. The van der Waals surface area contributed by atoms with Crippen molar-refractivity contribution in [2.45, 2.75) is 40.3 Å². The second-order valence-electron chi connectivity index (χ2n) is 5.30.